The molecule has 0 heterocycles. The van der Waals surface area contributed by atoms with E-state index in [2.05, 4.69) is 13.8 Å². The van der Waals surface area contributed by atoms with Gasteiger partial charge in [-0.2, -0.15) is 0 Å². The molecule has 0 aromatic carbocycles. The average molecular weight is 316 g/mol. The molecule has 4 rings (SSSR count). The van der Waals surface area contributed by atoms with Gasteiger partial charge in [0.2, 0.25) is 0 Å². The first-order chi connectivity index (χ1) is 10.9. The van der Waals surface area contributed by atoms with E-state index >= 15 is 0 Å². The molecule has 0 saturated heterocycles. The van der Waals surface area contributed by atoms with Gasteiger partial charge in [0.15, 0.2) is 0 Å². The molecule has 4 unspecified atom stereocenters. The van der Waals surface area contributed by atoms with E-state index in [0.717, 1.165) is 25.2 Å². The Hall–Kier alpha value is -0.660. The summed E-state index contributed by atoms with van der Waals surface area (Å²) in [5, 5.41) is 0. The molecular weight excluding hydrogens is 284 g/mol. The van der Waals surface area contributed by atoms with Crippen LogP contribution in [0, 0.1) is 40.4 Å². The normalized spacial score (nSPS) is 52.5. The Kier molecular flexibility index (Phi) is 3.56. The van der Waals surface area contributed by atoms with Crippen molar-refractivity contribution in [3.05, 3.63) is 0 Å². The van der Waals surface area contributed by atoms with Gasteiger partial charge in [-0.3, -0.25) is 9.59 Å². The summed E-state index contributed by atoms with van der Waals surface area (Å²) < 4.78 is 0. The van der Waals surface area contributed by atoms with Gasteiger partial charge in [0.05, 0.1) is 0 Å². The molecular formula is C21H32O2. The van der Waals surface area contributed by atoms with Gasteiger partial charge in [-0.25, -0.2) is 0 Å². The maximum atomic E-state index is 13.2. The summed E-state index contributed by atoms with van der Waals surface area (Å²) in [6.07, 6.45) is 10.9. The molecule has 0 aromatic heterocycles. The summed E-state index contributed by atoms with van der Waals surface area (Å²) in [6, 6.07) is 0. The van der Waals surface area contributed by atoms with Crippen molar-refractivity contribution in [1.82, 2.24) is 0 Å². The predicted molar refractivity (Wildman–Crippen MR) is 90.9 cm³/mol. The second-order valence-electron chi connectivity index (χ2n) is 9.55. The van der Waals surface area contributed by atoms with Gasteiger partial charge in [-0.15, -0.1) is 0 Å². The first-order valence-electron chi connectivity index (χ1n) is 9.92. The molecule has 128 valence electrons. The molecule has 4 saturated carbocycles. The quantitative estimate of drug-likeness (QED) is 0.696. The maximum absolute atomic E-state index is 13.2. The van der Waals surface area contributed by atoms with Crippen LogP contribution < -0.4 is 0 Å². The minimum Gasteiger partial charge on any atom is -0.300 e. The number of ketones is 2. The Balaban J connectivity index is 1.70. The Morgan fingerprint density at radius 1 is 1.00 bits per heavy atom. The van der Waals surface area contributed by atoms with Crippen LogP contribution in [0.5, 0.6) is 0 Å². The number of hydrogen-bond donors (Lipinski definition) is 0. The lowest BCUT2D eigenvalue weighted by atomic mass is 9.44. The molecule has 23 heavy (non-hydrogen) atoms. The zero-order valence-corrected chi connectivity index (χ0v) is 15.1. The number of carbonyl (C=O) groups is 2. The molecule has 4 aliphatic rings. The maximum Gasteiger partial charge on any atom is 0.140 e. The fourth-order valence-electron chi connectivity index (χ4n) is 7.65. The molecule has 0 aliphatic heterocycles. The van der Waals surface area contributed by atoms with Crippen molar-refractivity contribution < 1.29 is 9.59 Å². The van der Waals surface area contributed by atoms with Crippen LogP contribution in [0.4, 0.5) is 0 Å². The van der Waals surface area contributed by atoms with Crippen LogP contribution in [0.2, 0.25) is 0 Å². The van der Waals surface area contributed by atoms with E-state index in [-0.39, 0.29) is 17.1 Å². The van der Waals surface area contributed by atoms with Crippen LogP contribution in [0.25, 0.3) is 0 Å². The van der Waals surface area contributed by atoms with Crippen molar-refractivity contribution in [3.63, 3.8) is 0 Å². The highest BCUT2D eigenvalue weighted by Crippen LogP contribution is 2.66. The third-order valence-electron chi connectivity index (χ3n) is 8.94. The van der Waals surface area contributed by atoms with E-state index in [1.807, 2.05) is 0 Å². The minimum absolute atomic E-state index is 0.00200. The third-order valence-corrected chi connectivity index (χ3v) is 8.94. The van der Waals surface area contributed by atoms with Gasteiger partial charge in [0.25, 0.3) is 0 Å². The Morgan fingerprint density at radius 2 is 1.78 bits per heavy atom. The number of fused-ring (bicyclic) bond motifs is 5. The molecule has 7 atom stereocenters. The van der Waals surface area contributed by atoms with Gasteiger partial charge in [0, 0.05) is 17.8 Å². The third kappa shape index (κ3) is 1.99. The van der Waals surface area contributed by atoms with Gasteiger partial charge < -0.3 is 0 Å². The topological polar surface area (TPSA) is 34.1 Å². The Labute approximate surface area is 140 Å². The van der Waals surface area contributed by atoms with Crippen molar-refractivity contribution in [1.29, 1.82) is 0 Å². The van der Waals surface area contributed by atoms with E-state index in [1.54, 1.807) is 6.92 Å². The van der Waals surface area contributed by atoms with Crippen molar-refractivity contribution >= 4 is 11.6 Å². The van der Waals surface area contributed by atoms with Gasteiger partial charge in [-0.1, -0.05) is 26.7 Å². The summed E-state index contributed by atoms with van der Waals surface area (Å²) in [5.74, 6) is 3.28. The molecule has 2 heteroatoms. The number of Topliss-reactive ketones (excluding diaryl/α,β-unsaturated/α-hetero) is 2. The zero-order valence-electron chi connectivity index (χ0n) is 15.1. The van der Waals surface area contributed by atoms with Gasteiger partial charge in [0.1, 0.15) is 11.6 Å². The van der Waals surface area contributed by atoms with Gasteiger partial charge >= 0.3 is 0 Å². The summed E-state index contributed by atoms with van der Waals surface area (Å²) >= 11 is 0. The van der Waals surface area contributed by atoms with Crippen molar-refractivity contribution in [3.8, 4) is 0 Å². The number of carbonyl (C=O) groups excluding carboxylic acids is 2. The summed E-state index contributed by atoms with van der Waals surface area (Å²) in [5.41, 5.74) is 0.0529. The van der Waals surface area contributed by atoms with Crippen LogP contribution in [0.15, 0.2) is 0 Å². The monoisotopic (exact) mass is 316 g/mol. The smallest absolute Gasteiger partial charge is 0.140 e. The molecule has 4 aliphatic carbocycles. The highest BCUT2D eigenvalue weighted by Gasteiger charge is 2.63. The molecule has 0 aromatic rings. The largest absolute Gasteiger partial charge is 0.300 e. The van der Waals surface area contributed by atoms with Crippen LogP contribution >= 0.6 is 0 Å². The summed E-state index contributed by atoms with van der Waals surface area (Å²) in [4.78, 5) is 25.4. The highest BCUT2D eigenvalue weighted by molar-refractivity contribution is 5.93. The molecule has 2 nitrogen and oxygen atoms in total. The molecule has 4 fully saturated rings. The van der Waals surface area contributed by atoms with Crippen LogP contribution in [0.3, 0.4) is 0 Å². The van der Waals surface area contributed by atoms with Crippen molar-refractivity contribution in [2.75, 3.05) is 0 Å². The lowest BCUT2D eigenvalue weighted by Crippen LogP contribution is -2.56. The first kappa shape index (κ1) is 15.8. The van der Waals surface area contributed by atoms with E-state index < -0.39 is 0 Å². The molecule has 0 amide bonds. The first-order valence-corrected chi connectivity index (χ1v) is 9.92. The van der Waals surface area contributed by atoms with E-state index in [4.69, 9.17) is 0 Å². The van der Waals surface area contributed by atoms with Crippen LogP contribution in [-0.4, -0.2) is 11.6 Å². The average Bonchev–Trinajstić information content (AvgIpc) is 2.87. The van der Waals surface area contributed by atoms with E-state index in [9.17, 15) is 9.59 Å². The fourth-order valence-corrected chi connectivity index (χ4v) is 7.65. The summed E-state index contributed by atoms with van der Waals surface area (Å²) in [6.45, 7) is 6.35. The van der Waals surface area contributed by atoms with Crippen LogP contribution in [0.1, 0.15) is 78.6 Å². The Morgan fingerprint density at radius 3 is 2.52 bits per heavy atom. The minimum atomic E-state index is -0.342. The molecule has 0 bridgehead atoms. The number of hydrogen-bond acceptors (Lipinski definition) is 2. The van der Waals surface area contributed by atoms with Gasteiger partial charge in [-0.05, 0) is 74.5 Å². The summed E-state index contributed by atoms with van der Waals surface area (Å²) in [7, 11) is 0. The second-order valence-corrected chi connectivity index (χ2v) is 9.55. The van der Waals surface area contributed by atoms with E-state index in [1.165, 1.54) is 38.5 Å². The SMILES string of the molecule is CC(=O)C1CCC2C3CC[C@@H]4CCCC[C@]4(C)C3CC(=O)[C@]12C. The number of rotatable bonds is 1. The standard InChI is InChI=1S/C21H32O2/c1-13(22)16-9-10-17-15-8-7-14-6-4-5-11-20(14,2)18(15)12-19(23)21(16,17)3/h14-18H,4-12H2,1-3H3/t14-,15?,16?,17?,18?,20-,21+/m0/s1. The Bertz CT molecular complexity index is 538. The lowest BCUT2D eigenvalue weighted by molar-refractivity contribution is -0.158. The lowest BCUT2D eigenvalue weighted by Gasteiger charge is -2.59. The van der Waals surface area contributed by atoms with Crippen LogP contribution in [-0.2, 0) is 9.59 Å². The molecule has 0 radical (unpaired) electrons. The fraction of sp³-hybridized carbons (Fsp3) is 0.905. The second kappa shape index (κ2) is 5.17. The molecule has 0 N–H and O–H groups in total. The highest BCUT2D eigenvalue weighted by atomic mass is 16.1. The zero-order chi connectivity index (χ0) is 16.4. The van der Waals surface area contributed by atoms with Crippen molar-refractivity contribution in [2.45, 2.75) is 78.6 Å². The van der Waals surface area contributed by atoms with E-state index in [0.29, 0.717) is 29.0 Å². The van der Waals surface area contributed by atoms with Crippen molar-refractivity contribution in [2.24, 2.45) is 40.4 Å². The predicted octanol–water partition coefficient (Wildman–Crippen LogP) is 4.80. The molecule has 0 spiro atoms.